The van der Waals surface area contributed by atoms with Crippen LogP contribution in [0.1, 0.15) is 86.5 Å². The Balaban J connectivity index is -0.0000000973. The van der Waals surface area contributed by atoms with E-state index < -0.39 is 0 Å². The van der Waals surface area contributed by atoms with Crippen LogP contribution in [0.3, 0.4) is 0 Å². The summed E-state index contributed by atoms with van der Waals surface area (Å²) in [7, 11) is 0. The summed E-state index contributed by atoms with van der Waals surface area (Å²) in [6.07, 6.45) is 14.6. The predicted molar refractivity (Wildman–Crippen MR) is 104 cm³/mol. The van der Waals surface area contributed by atoms with Crippen LogP contribution >= 0.6 is 11.6 Å². The van der Waals surface area contributed by atoms with E-state index in [0.29, 0.717) is 0 Å². The van der Waals surface area contributed by atoms with Crippen LogP contribution in [0.25, 0.3) is 0 Å². The normalized spacial score (nSPS) is 11.4. The molecule has 0 spiro atoms. The number of hydrogen-bond acceptors (Lipinski definition) is 0. The largest absolute Gasteiger partial charge is 0.0940 e. The fourth-order valence-corrected chi connectivity index (χ4v) is 0.728. The summed E-state index contributed by atoms with van der Waals surface area (Å²) in [4.78, 5) is 0. The number of hydrogen-bond donors (Lipinski definition) is 0. The Kier molecular flexibility index (Phi) is 39.8. The Hall–Kier alpha value is 0.309. The van der Waals surface area contributed by atoms with Gasteiger partial charge >= 0.3 is 0 Å². The van der Waals surface area contributed by atoms with Gasteiger partial charge < -0.3 is 0 Å². The second-order valence-electron chi connectivity index (χ2n) is 4.75. The van der Waals surface area contributed by atoms with Crippen LogP contribution in [0.2, 0.25) is 0 Å². The topological polar surface area (TPSA) is 0 Å². The van der Waals surface area contributed by atoms with E-state index in [-0.39, 0.29) is 23.9 Å². The summed E-state index contributed by atoms with van der Waals surface area (Å²) in [6, 6.07) is 0. The molecule has 0 heterocycles. The van der Waals surface area contributed by atoms with Crippen molar-refractivity contribution in [1.29, 1.82) is 0 Å². The van der Waals surface area contributed by atoms with Crippen molar-refractivity contribution in [3.05, 3.63) is 35.4 Å². The van der Waals surface area contributed by atoms with Crippen molar-refractivity contribution >= 4 is 35.5 Å². The molecule has 21 heavy (non-hydrogen) atoms. The molecule has 0 aromatic heterocycles. The minimum absolute atomic E-state index is 0. The van der Waals surface area contributed by atoms with Crippen LogP contribution in [-0.4, -0.2) is 23.9 Å². The van der Waals surface area contributed by atoms with Crippen molar-refractivity contribution in [3.8, 4) is 0 Å². The van der Waals surface area contributed by atoms with Gasteiger partial charge in [0.05, 0.1) is 0 Å². The Morgan fingerprint density at radius 1 is 0.857 bits per heavy atom. The fraction of sp³-hybridized carbons (Fsp3) is 0.684. The third-order valence-electron chi connectivity index (χ3n) is 2.58. The quantitative estimate of drug-likeness (QED) is 0.412. The maximum Gasteiger partial charge on any atom is 0.0435 e. The molecule has 0 aromatic carbocycles. The Morgan fingerprint density at radius 2 is 1.19 bits per heavy atom. The van der Waals surface area contributed by atoms with Crippen LogP contribution in [0, 0.1) is 0 Å². The molecule has 1 aliphatic rings. The zero-order valence-electron chi connectivity index (χ0n) is 15.3. The first-order chi connectivity index (χ1) is 9.55. The van der Waals surface area contributed by atoms with Crippen molar-refractivity contribution in [3.63, 3.8) is 0 Å². The zero-order chi connectivity index (χ0) is 16.2. The summed E-state index contributed by atoms with van der Waals surface area (Å²) >= 11 is 5.68. The molecule has 0 aromatic rings. The van der Waals surface area contributed by atoms with Crippen LogP contribution < -0.4 is 0 Å². The van der Waals surface area contributed by atoms with Gasteiger partial charge in [-0.15, -0.1) is 0 Å². The standard InChI is InChI=1S/C7H7Cl.3C4H10.Sn/c1-6-4-2-3-5-7(6)8;3*1-3-4-2;/h2-3,5H,1,4H2;3*3-4H2,1-2H3;. The van der Waals surface area contributed by atoms with Gasteiger partial charge in [-0.3, -0.25) is 0 Å². The molecule has 0 bridgehead atoms. The molecule has 0 fully saturated rings. The molecule has 2 heteroatoms. The van der Waals surface area contributed by atoms with Crippen LogP contribution in [-0.2, 0) is 0 Å². The van der Waals surface area contributed by atoms with Gasteiger partial charge in [-0.05, 0) is 18.1 Å². The van der Waals surface area contributed by atoms with Gasteiger partial charge in [-0.1, -0.05) is 110 Å². The molecule has 0 amide bonds. The second-order valence-corrected chi connectivity index (χ2v) is 5.16. The van der Waals surface area contributed by atoms with Crippen molar-refractivity contribution in [2.24, 2.45) is 0 Å². The fourth-order valence-electron chi connectivity index (χ4n) is 0.578. The van der Waals surface area contributed by atoms with E-state index in [0.717, 1.165) is 17.0 Å². The van der Waals surface area contributed by atoms with E-state index >= 15 is 0 Å². The minimum atomic E-state index is 0. The monoisotopic (exact) mass is 420 g/mol. The zero-order valence-corrected chi connectivity index (χ0v) is 18.9. The third-order valence-corrected chi connectivity index (χ3v) is 2.97. The summed E-state index contributed by atoms with van der Waals surface area (Å²) in [5.41, 5.74) is 1.01. The van der Waals surface area contributed by atoms with Gasteiger partial charge in [0.25, 0.3) is 0 Å². The van der Waals surface area contributed by atoms with Crippen molar-refractivity contribution in [2.75, 3.05) is 0 Å². The first-order valence-corrected chi connectivity index (χ1v) is 8.63. The number of halogens is 1. The molecule has 4 radical (unpaired) electrons. The number of unbranched alkanes of at least 4 members (excludes halogenated alkanes) is 3. The van der Waals surface area contributed by atoms with Crippen LogP contribution in [0.4, 0.5) is 0 Å². The van der Waals surface area contributed by atoms with Gasteiger partial charge in [0.15, 0.2) is 0 Å². The first kappa shape index (κ1) is 29.3. The molecule has 0 nitrogen and oxygen atoms in total. The molecule has 0 N–H and O–H groups in total. The van der Waals surface area contributed by atoms with E-state index in [1.165, 1.54) is 38.5 Å². The molecule has 124 valence electrons. The van der Waals surface area contributed by atoms with Gasteiger partial charge in [-0.2, -0.15) is 0 Å². The smallest absolute Gasteiger partial charge is 0.0435 e. The molecule has 0 unspecified atom stereocenters. The SMILES string of the molecule is C=C1CC=CC=C1Cl.CCCC.CCCC.CCCC.[Sn]. The van der Waals surface area contributed by atoms with Gasteiger partial charge in [0.1, 0.15) is 0 Å². The molecule has 0 saturated carbocycles. The summed E-state index contributed by atoms with van der Waals surface area (Å²) in [5, 5.41) is 0.785. The van der Waals surface area contributed by atoms with Crippen molar-refractivity contribution in [1.82, 2.24) is 0 Å². The molecule has 0 aliphatic heterocycles. The molecule has 1 rings (SSSR count). The average molecular weight is 420 g/mol. The van der Waals surface area contributed by atoms with E-state index in [4.69, 9.17) is 11.6 Å². The Bertz CT molecular complexity index is 226. The molecule has 1 aliphatic carbocycles. The Morgan fingerprint density at radius 3 is 1.33 bits per heavy atom. The minimum Gasteiger partial charge on any atom is -0.0940 e. The van der Waals surface area contributed by atoms with Gasteiger partial charge in [-0.25, -0.2) is 0 Å². The van der Waals surface area contributed by atoms with Gasteiger partial charge in [0.2, 0.25) is 0 Å². The third kappa shape index (κ3) is 33.3. The van der Waals surface area contributed by atoms with Gasteiger partial charge in [0, 0.05) is 28.9 Å². The van der Waals surface area contributed by atoms with E-state index in [1.54, 1.807) is 0 Å². The Labute approximate surface area is 157 Å². The van der Waals surface area contributed by atoms with E-state index in [9.17, 15) is 0 Å². The summed E-state index contributed by atoms with van der Waals surface area (Å²) in [6.45, 7) is 16.8. The van der Waals surface area contributed by atoms with Crippen molar-refractivity contribution < 1.29 is 0 Å². The van der Waals surface area contributed by atoms with E-state index in [1.807, 2.05) is 18.2 Å². The predicted octanol–water partition coefficient (Wildman–Crippen LogP) is 7.66. The molecule has 0 saturated heterocycles. The molecular weight excluding hydrogens is 382 g/mol. The first-order valence-electron chi connectivity index (χ1n) is 8.25. The van der Waals surface area contributed by atoms with Crippen LogP contribution in [0.5, 0.6) is 0 Å². The second kappa shape index (κ2) is 28.5. The molecular formula is C19H37ClSn. The summed E-state index contributed by atoms with van der Waals surface area (Å²) < 4.78 is 0. The molecule has 0 atom stereocenters. The average Bonchev–Trinajstić information content (AvgIpc) is 2.51. The summed E-state index contributed by atoms with van der Waals surface area (Å²) in [5.74, 6) is 0. The maximum atomic E-state index is 5.68. The van der Waals surface area contributed by atoms with Crippen LogP contribution in [0.15, 0.2) is 35.4 Å². The number of rotatable bonds is 3. The maximum absolute atomic E-state index is 5.68. The van der Waals surface area contributed by atoms with E-state index in [2.05, 4.69) is 48.1 Å². The van der Waals surface area contributed by atoms with Crippen molar-refractivity contribution in [2.45, 2.75) is 86.5 Å². The number of allylic oxidation sites excluding steroid dienone is 5.